The molecule has 0 radical (unpaired) electrons. The summed E-state index contributed by atoms with van der Waals surface area (Å²) in [6.07, 6.45) is 3.56. The van der Waals surface area contributed by atoms with Crippen molar-refractivity contribution in [1.29, 1.82) is 0 Å². The first kappa shape index (κ1) is 20.7. The fourth-order valence-corrected chi connectivity index (χ4v) is 4.10. The number of anilines is 1. The Balaban J connectivity index is 1.60. The minimum absolute atomic E-state index is 0.00511. The van der Waals surface area contributed by atoms with Crippen molar-refractivity contribution in [2.75, 3.05) is 12.4 Å². The molecular formula is C23H25N3O5. The molecule has 1 heterocycles. The predicted octanol–water partition coefficient (Wildman–Crippen LogP) is 4.91. The number of rotatable bonds is 6. The van der Waals surface area contributed by atoms with E-state index >= 15 is 0 Å². The van der Waals surface area contributed by atoms with Gasteiger partial charge in [0.05, 0.1) is 23.9 Å². The van der Waals surface area contributed by atoms with Crippen molar-refractivity contribution >= 4 is 28.7 Å². The van der Waals surface area contributed by atoms with Crippen LogP contribution in [0, 0.1) is 0 Å². The minimum Gasteiger partial charge on any atom is -0.496 e. The monoisotopic (exact) mass is 423 g/mol. The number of H-pyrrole nitrogens is 1. The zero-order valence-electron chi connectivity index (χ0n) is 17.5. The summed E-state index contributed by atoms with van der Waals surface area (Å²) in [4.78, 5) is 23.5. The summed E-state index contributed by atoms with van der Waals surface area (Å²) in [6.45, 7) is 1.99. The van der Waals surface area contributed by atoms with E-state index in [1.54, 1.807) is 18.2 Å². The topological polar surface area (TPSA) is 114 Å². The van der Waals surface area contributed by atoms with Crippen molar-refractivity contribution in [3.8, 4) is 5.75 Å². The smallest absolute Gasteiger partial charge is 0.411 e. The Hall–Kier alpha value is -3.55. The number of aromatic carboxylic acids is 1. The molecule has 3 aromatic rings. The van der Waals surface area contributed by atoms with Crippen LogP contribution in [0.1, 0.15) is 60.1 Å². The van der Waals surface area contributed by atoms with E-state index in [0.717, 1.165) is 47.8 Å². The van der Waals surface area contributed by atoms with Crippen molar-refractivity contribution in [1.82, 2.24) is 10.2 Å². The quantitative estimate of drug-likeness (QED) is 0.519. The number of fused-ring (bicyclic) bond motifs is 1. The van der Waals surface area contributed by atoms with Crippen molar-refractivity contribution in [3.05, 3.63) is 53.2 Å². The predicted molar refractivity (Wildman–Crippen MR) is 116 cm³/mol. The maximum Gasteiger partial charge on any atom is 0.411 e. The second-order valence-electron chi connectivity index (χ2n) is 7.79. The van der Waals surface area contributed by atoms with Gasteiger partial charge < -0.3 is 14.6 Å². The lowest BCUT2D eigenvalue weighted by Crippen LogP contribution is -2.20. The van der Waals surface area contributed by atoms with E-state index in [0.29, 0.717) is 11.4 Å². The number of methoxy groups -OCH3 is 1. The molecule has 1 saturated carbocycles. The summed E-state index contributed by atoms with van der Waals surface area (Å²) in [5, 5.41) is 20.3. The van der Waals surface area contributed by atoms with Crippen LogP contribution in [0.3, 0.4) is 0 Å². The lowest BCUT2D eigenvalue weighted by atomic mass is 9.93. The highest BCUT2D eigenvalue weighted by Crippen LogP contribution is 2.35. The average Bonchev–Trinajstić information content (AvgIpc) is 3.42. The minimum atomic E-state index is -1.01. The second-order valence-corrected chi connectivity index (χ2v) is 7.79. The highest BCUT2D eigenvalue weighted by molar-refractivity contribution is 5.91. The first-order chi connectivity index (χ1) is 15.0. The van der Waals surface area contributed by atoms with Gasteiger partial charge in [-0.15, -0.1) is 0 Å². The van der Waals surface area contributed by atoms with Gasteiger partial charge in [0, 0.05) is 22.6 Å². The highest BCUT2D eigenvalue weighted by atomic mass is 16.6. The fourth-order valence-electron chi connectivity index (χ4n) is 4.10. The molecular weight excluding hydrogens is 398 g/mol. The average molecular weight is 423 g/mol. The zero-order valence-corrected chi connectivity index (χ0v) is 17.5. The highest BCUT2D eigenvalue weighted by Gasteiger charge is 2.21. The molecule has 8 heteroatoms. The van der Waals surface area contributed by atoms with Crippen molar-refractivity contribution in [3.63, 3.8) is 0 Å². The van der Waals surface area contributed by atoms with Gasteiger partial charge in [0.2, 0.25) is 0 Å². The van der Waals surface area contributed by atoms with Crippen LogP contribution in [-0.4, -0.2) is 40.6 Å². The maximum atomic E-state index is 12.2. The Morgan fingerprint density at radius 1 is 1.19 bits per heavy atom. The number of ether oxygens (including phenoxy) is 2. The molecule has 2 aromatic carbocycles. The zero-order chi connectivity index (χ0) is 22.0. The molecule has 1 aromatic heterocycles. The van der Waals surface area contributed by atoms with Gasteiger partial charge in [-0.25, -0.2) is 9.59 Å². The summed E-state index contributed by atoms with van der Waals surface area (Å²) < 4.78 is 10.9. The number of nitrogens with zero attached hydrogens (tertiary/aromatic N) is 1. The lowest BCUT2D eigenvalue weighted by molar-refractivity contribution is 0.0696. The summed E-state index contributed by atoms with van der Waals surface area (Å²) in [6, 6.07) is 10.3. The first-order valence-electron chi connectivity index (χ1n) is 10.3. The number of hydrogen-bond acceptors (Lipinski definition) is 5. The van der Waals surface area contributed by atoms with Gasteiger partial charge in [0.15, 0.2) is 0 Å². The summed E-state index contributed by atoms with van der Waals surface area (Å²) >= 11 is 0. The van der Waals surface area contributed by atoms with E-state index in [2.05, 4.69) is 15.5 Å². The number of carbonyl (C=O) groups is 2. The van der Waals surface area contributed by atoms with E-state index in [1.165, 1.54) is 13.2 Å². The van der Waals surface area contributed by atoms with E-state index < -0.39 is 12.1 Å². The molecule has 0 bridgehead atoms. The van der Waals surface area contributed by atoms with Crippen LogP contribution >= 0.6 is 0 Å². The van der Waals surface area contributed by atoms with Gasteiger partial charge in [-0.3, -0.25) is 10.4 Å². The van der Waals surface area contributed by atoms with Crippen LogP contribution in [0.2, 0.25) is 0 Å². The third kappa shape index (κ3) is 4.33. The first-order valence-corrected chi connectivity index (χ1v) is 10.3. The number of amides is 1. The van der Waals surface area contributed by atoms with Crippen LogP contribution < -0.4 is 10.1 Å². The molecule has 1 unspecified atom stereocenters. The molecule has 0 aliphatic heterocycles. The molecule has 162 valence electrons. The lowest BCUT2D eigenvalue weighted by Gasteiger charge is -2.16. The Labute approximate surface area is 179 Å². The normalized spacial score (nSPS) is 15.0. The Morgan fingerprint density at radius 2 is 1.97 bits per heavy atom. The summed E-state index contributed by atoms with van der Waals surface area (Å²) in [7, 11) is 1.51. The molecule has 1 fully saturated rings. The van der Waals surface area contributed by atoms with Gasteiger partial charge in [-0.05, 0) is 56.0 Å². The van der Waals surface area contributed by atoms with Gasteiger partial charge in [-0.1, -0.05) is 13.0 Å². The van der Waals surface area contributed by atoms with Crippen LogP contribution in [0.4, 0.5) is 10.5 Å². The number of nitrogens with one attached hydrogen (secondary N) is 2. The van der Waals surface area contributed by atoms with Gasteiger partial charge >= 0.3 is 12.1 Å². The standard InChI is InChI=1S/C23H25N3O5/c1-13(17-9-7-14(22(27)28)11-20(17)30-2)21-18-12-15(8-10-19(18)25-26-21)24-23(29)31-16-5-3-4-6-16/h7-13,16H,3-6H2,1-2H3,(H,24,29)(H,25,26)(H,27,28). The van der Waals surface area contributed by atoms with Crippen molar-refractivity contribution in [2.45, 2.75) is 44.6 Å². The Bertz CT molecular complexity index is 1120. The van der Waals surface area contributed by atoms with Crippen molar-refractivity contribution in [2.24, 2.45) is 0 Å². The van der Waals surface area contributed by atoms with E-state index in [1.807, 2.05) is 19.1 Å². The van der Waals surface area contributed by atoms with E-state index in [-0.39, 0.29) is 17.6 Å². The van der Waals surface area contributed by atoms with Crippen LogP contribution in [0.15, 0.2) is 36.4 Å². The number of aromatic amines is 1. The molecule has 0 saturated heterocycles. The fraction of sp³-hybridized carbons (Fsp3) is 0.348. The van der Waals surface area contributed by atoms with Gasteiger partial charge in [-0.2, -0.15) is 5.10 Å². The third-order valence-corrected chi connectivity index (χ3v) is 5.79. The SMILES string of the molecule is COc1cc(C(=O)O)ccc1C(C)c1[nH]nc2ccc(NC(=O)OC3CCCC3)cc12. The third-order valence-electron chi connectivity index (χ3n) is 5.79. The molecule has 0 spiro atoms. The molecule has 1 aliphatic rings. The molecule has 1 aliphatic carbocycles. The van der Waals surface area contributed by atoms with Gasteiger partial charge in [0.1, 0.15) is 11.9 Å². The number of benzene rings is 2. The molecule has 4 rings (SSSR count). The molecule has 1 atom stereocenters. The Morgan fingerprint density at radius 3 is 2.68 bits per heavy atom. The number of carboxylic acid groups (broad SMARTS) is 1. The number of carbonyl (C=O) groups excluding carboxylic acids is 1. The van der Waals surface area contributed by atoms with Crippen LogP contribution in [0.25, 0.3) is 10.9 Å². The van der Waals surface area contributed by atoms with Crippen molar-refractivity contribution < 1.29 is 24.2 Å². The summed E-state index contributed by atoms with van der Waals surface area (Å²) in [5.41, 5.74) is 3.21. The molecule has 31 heavy (non-hydrogen) atoms. The van der Waals surface area contributed by atoms with Crippen LogP contribution in [0.5, 0.6) is 5.75 Å². The van der Waals surface area contributed by atoms with Gasteiger partial charge in [0.25, 0.3) is 0 Å². The number of carboxylic acids is 1. The second kappa shape index (κ2) is 8.67. The van der Waals surface area contributed by atoms with E-state index in [9.17, 15) is 14.7 Å². The number of aromatic nitrogens is 2. The largest absolute Gasteiger partial charge is 0.496 e. The Kier molecular flexibility index (Phi) is 5.79. The molecule has 3 N–H and O–H groups in total. The molecule has 1 amide bonds. The molecule has 8 nitrogen and oxygen atoms in total. The maximum absolute atomic E-state index is 12.2. The number of hydrogen-bond donors (Lipinski definition) is 3. The van der Waals surface area contributed by atoms with Crippen LogP contribution in [-0.2, 0) is 4.74 Å². The van der Waals surface area contributed by atoms with E-state index in [4.69, 9.17) is 9.47 Å². The summed E-state index contributed by atoms with van der Waals surface area (Å²) in [5.74, 6) is -0.669.